The summed E-state index contributed by atoms with van der Waals surface area (Å²) in [6.45, 7) is 0.376. The highest BCUT2D eigenvalue weighted by Crippen LogP contribution is 2.27. The van der Waals surface area contributed by atoms with Gasteiger partial charge in [0.25, 0.3) is 0 Å². The van der Waals surface area contributed by atoms with Gasteiger partial charge in [0.1, 0.15) is 5.82 Å². The van der Waals surface area contributed by atoms with Crippen molar-refractivity contribution in [1.82, 2.24) is 20.1 Å². The summed E-state index contributed by atoms with van der Waals surface area (Å²) in [7, 11) is 0. The minimum Gasteiger partial charge on any atom is -0.355 e. The van der Waals surface area contributed by atoms with E-state index in [0.717, 1.165) is 11.3 Å². The molecule has 0 atom stereocenters. The number of rotatable bonds is 8. The first-order valence-electron chi connectivity index (χ1n) is 9.91. The fourth-order valence-corrected chi connectivity index (χ4v) is 3.95. The topological polar surface area (TPSA) is 59.8 Å². The molecule has 5 nitrogen and oxygen atoms in total. The van der Waals surface area contributed by atoms with E-state index in [1.807, 2.05) is 65.2 Å². The van der Waals surface area contributed by atoms with Crippen molar-refractivity contribution in [3.63, 3.8) is 0 Å². The van der Waals surface area contributed by atoms with Crippen LogP contribution in [0.15, 0.2) is 90.1 Å². The van der Waals surface area contributed by atoms with Gasteiger partial charge in [-0.25, -0.2) is 4.39 Å². The summed E-state index contributed by atoms with van der Waals surface area (Å²) in [5.74, 6) is 0.520. The van der Waals surface area contributed by atoms with Gasteiger partial charge in [0.15, 0.2) is 11.0 Å². The molecule has 0 unspecified atom stereocenters. The van der Waals surface area contributed by atoms with Gasteiger partial charge in [0.2, 0.25) is 5.91 Å². The van der Waals surface area contributed by atoms with Crippen LogP contribution in [0.1, 0.15) is 5.56 Å². The van der Waals surface area contributed by atoms with Gasteiger partial charge in [-0.15, -0.1) is 10.2 Å². The van der Waals surface area contributed by atoms with Crippen molar-refractivity contribution in [3.8, 4) is 17.1 Å². The van der Waals surface area contributed by atoms with Crippen molar-refractivity contribution in [2.24, 2.45) is 0 Å². The van der Waals surface area contributed by atoms with Crippen LogP contribution in [0.25, 0.3) is 17.1 Å². The zero-order valence-corrected chi connectivity index (χ0v) is 17.6. The minimum atomic E-state index is -0.254. The van der Waals surface area contributed by atoms with Gasteiger partial charge >= 0.3 is 0 Å². The van der Waals surface area contributed by atoms with Crippen LogP contribution in [0.5, 0.6) is 0 Å². The van der Waals surface area contributed by atoms with Crippen LogP contribution in [-0.4, -0.2) is 33.0 Å². The third-order valence-corrected chi connectivity index (χ3v) is 5.62. The number of thioether (sulfide) groups is 1. The molecule has 0 saturated heterocycles. The number of nitrogens with zero attached hydrogens (tertiary/aromatic N) is 3. The molecule has 3 aromatic carbocycles. The summed E-state index contributed by atoms with van der Waals surface area (Å²) in [5, 5.41) is 12.2. The number of nitrogens with one attached hydrogen (secondary N) is 1. The van der Waals surface area contributed by atoms with Crippen molar-refractivity contribution in [1.29, 1.82) is 0 Å². The van der Waals surface area contributed by atoms with Gasteiger partial charge in [0, 0.05) is 17.8 Å². The average Bonchev–Trinajstić information content (AvgIpc) is 3.24. The maximum Gasteiger partial charge on any atom is 0.230 e. The number of benzene rings is 3. The number of amides is 1. The van der Waals surface area contributed by atoms with Gasteiger partial charge < -0.3 is 5.32 Å². The Kier molecular flexibility index (Phi) is 6.74. The Morgan fingerprint density at radius 3 is 2.32 bits per heavy atom. The van der Waals surface area contributed by atoms with E-state index in [1.54, 1.807) is 18.2 Å². The Morgan fingerprint density at radius 2 is 1.58 bits per heavy atom. The number of carbonyl (C=O) groups is 1. The smallest absolute Gasteiger partial charge is 0.230 e. The molecule has 4 aromatic rings. The van der Waals surface area contributed by atoms with Crippen LogP contribution in [-0.2, 0) is 11.2 Å². The van der Waals surface area contributed by atoms with Crippen molar-refractivity contribution in [2.45, 2.75) is 11.6 Å². The molecule has 0 aliphatic heterocycles. The summed E-state index contributed by atoms with van der Waals surface area (Å²) >= 11 is 1.32. The second-order valence-electron chi connectivity index (χ2n) is 6.82. The molecule has 31 heavy (non-hydrogen) atoms. The maximum atomic E-state index is 13.7. The SMILES string of the molecule is O=C(CSc1nnc(-c2ccccc2)n1-c1ccccc1)NCCc1ccccc1F. The lowest BCUT2D eigenvalue weighted by atomic mass is 10.1. The summed E-state index contributed by atoms with van der Waals surface area (Å²) in [4.78, 5) is 12.3. The number of halogens is 1. The fraction of sp³-hybridized carbons (Fsp3) is 0.125. The van der Waals surface area contributed by atoms with E-state index >= 15 is 0 Å². The largest absolute Gasteiger partial charge is 0.355 e. The average molecular weight is 433 g/mol. The summed E-state index contributed by atoms with van der Waals surface area (Å²) < 4.78 is 15.6. The Hall–Kier alpha value is -3.45. The Labute approximate surface area is 184 Å². The van der Waals surface area contributed by atoms with Crippen LogP contribution in [0, 0.1) is 5.82 Å². The lowest BCUT2D eigenvalue weighted by Crippen LogP contribution is -2.27. The molecular formula is C24H21FN4OS. The molecule has 0 saturated carbocycles. The van der Waals surface area contributed by atoms with Gasteiger partial charge in [0.05, 0.1) is 5.75 Å². The van der Waals surface area contributed by atoms with E-state index in [2.05, 4.69) is 15.5 Å². The Bertz CT molecular complexity index is 1150. The highest BCUT2D eigenvalue weighted by atomic mass is 32.2. The highest BCUT2D eigenvalue weighted by molar-refractivity contribution is 7.99. The zero-order valence-electron chi connectivity index (χ0n) is 16.7. The van der Waals surface area contributed by atoms with Crippen molar-refractivity contribution in [3.05, 3.63) is 96.3 Å². The van der Waals surface area contributed by atoms with Crippen LogP contribution in [0.4, 0.5) is 4.39 Å². The number of hydrogen-bond donors (Lipinski definition) is 1. The van der Waals surface area contributed by atoms with E-state index in [0.29, 0.717) is 29.5 Å². The Morgan fingerprint density at radius 1 is 0.903 bits per heavy atom. The first kappa shape index (κ1) is 20.8. The van der Waals surface area contributed by atoms with Crippen LogP contribution in [0.2, 0.25) is 0 Å². The molecule has 0 bridgehead atoms. The molecule has 4 rings (SSSR count). The second kappa shape index (κ2) is 10.0. The zero-order chi connectivity index (χ0) is 21.5. The molecule has 7 heteroatoms. The molecule has 1 N–H and O–H groups in total. The first-order chi connectivity index (χ1) is 15.2. The minimum absolute atomic E-state index is 0.134. The first-order valence-corrected chi connectivity index (χ1v) is 10.9. The van der Waals surface area contributed by atoms with E-state index < -0.39 is 0 Å². The number of carbonyl (C=O) groups excluding carboxylic acids is 1. The number of hydrogen-bond acceptors (Lipinski definition) is 4. The molecule has 0 aliphatic rings. The third kappa shape index (κ3) is 5.19. The third-order valence-electron chi connectivity index (χ3n) is 4.69. The summed E-state index contributed by atoms with van der Waals surface area (Å²) in [6.07, 6.45) is 0.446. The van der Waals surface area contributed by atoms with Gasteiger partial charge in [-0.05, 0) is 30.2 Å². The molecule has 0 aliphatic carbocycles. The van der Waals surface area contributed by atoms with Crippen LogP contribution in [0.3, 0.4) is 0 Å². The number of aromatic nitrogens is 3. The Balaban J connectivity index is 1.44. The second-order valence-corrected chi connectivity index (χ2v) is 7.77. The summed E-state index contributed by atoms with van der Waals surface area (Å²) in [5.41, 5.74) is 2.46. The quantitative estimate of drug-likeness (QED) is 0.416. The highest BCUT2D eigenvalue weighted by Gasteiger charge is 2.17. The van der Waals surface area contributed by atoms with Crippen molar-refractivity contribution >= 4 is 17.7 Å². The lowest BCUT2D eigenvalue weighted by Gasteiger charge is -2.10. The molecule has 1 amide bonds. The van der Waals surface area contributed by atoms with E-state index in [1.165, 1.54) is 17.8 Å². The van der Waals surface area contributed by atoms with Gasteiger partial charge in [-0.3, -0.25) is 9.36 Å². The maximum absolute atomic E-state index is 13.7. The molecule has 0 fully saturated rings. The molecule has 1 heterocycles. The van der Waals surface area contributed by atoms with Gasteiger partial charge in [-0.1, -0.05) is 78.5 Å². The normalized spacial score (nSPS) is 10.7. The van der Waals surface area contributed by atoms with E-state index in [-0.39, 0.29) is 17.5 Å². The van der Waals surface area contributed by atoms with E-state index in [9.17, 15) is 9.18 Å². The number of para-hydroxylation sites is 1. The predicted molar refractivity (Wildman–Crippen MR) is 121 cm³/mol. The van der Waals surface area contributed by atoms with Gasteiger partial charge in [-0.2, -0.15) is 0 Å². The monoisotopic (exact) mass is 432 g/mol. The van der Waals surface area contributed by atoms with E-state index in [4.69, 9.17) is 0 Å². The molecule has 0 radical (unpaired) electrons. The standard InChI is InChI=1S/C24H21FN4OS/c25-21-14-8-7-9-18(21)15-16-26-22(30)17-31-24-28-27-23(19-10-3-1-4-11-19)29(24)20-12-5-2-6-13-20/h1-14H,15-17H2,(H,26,30). The fourth-order valence-electron chi connectivity index (χ4n) is 3.17. The molecule has 0 spiro atoms. The summed E-state index contributed by atoms with van der Waals surface area (Å²) in [6, 6.07) is 26.2. The lowest BCUT2D eigenvalue weighted by molar-refractivity contribution is -0.118. The molecule has 1 aromatic heterocycles. The van der Waals surface area contributed by atoms with Crippen LogP contribution >= 0.6 is 11.8 Å². The molecule has 156 valence electrons. The van der Waals surface area contributed by atoms with Crippen molar-refractivity contribution in [2.75, 3.05) is 12.3 Å². The van der Waals surface area contributed by atoms with Crippen LogP contribution < -0.4 is 5.32 Å². The molecular weight excluding hydrogens is 411 g/mol. The predicted octanol–water partition coefficient (Wildman–Crippen LogP) is 4.52. The van der Waals surface area contributed by atoms with Crippen molar-refractivity contribution < 1.29 is 9.18 Å².